The number of aliphatic hydroxyl groups excluding tert-OH is 1. The third kappa shape index (κ3) is 2.52. The molecule has 4 heteroatoms. The molecule has 2 nitrogen and oxygen atoms in total. The molecule has 1 atom stereocenters. The van der Waals surface area contributed by atoms with Crippen LogP contribution in [0, 0.1) is 17.0 Å². The van der Waals surface area contributed by atoms with Crippen LogP contribution in [-0.4, -0.2) is 11.7 Å². The minimum Gasteiger partial charge on any atom is -0.388 e. The van der Waals surface area contributed by atoms with E-state index in [4.69, 9.17) is 5.73 Å². The lowest BCUT2D eigenvalue weighted by molar-refractivity contribution is 0.0523. The maximum atomic E-state index is 13.3. The molecule has 0 spiro atoms. The zero-order valence-corrected chi connectivity index (χ0v) is 8.80. The zero-order chi connectivity index (χ0) is 11.6. The number of hydrogen-bond donors (Lipinski definition) is 2. The van der Waals surface area contributed by atoms with Crippen molar-refractivity contribution in [3.8, 4) is 0 Å². The van der Waals surface area contributed by atoms with E-state index in [0.717, 1.165) is 12.1 Å². The highest BCUT2D eigenvalue weighted by atomic mass is 19.1. The first-order valence-corrected chi connectivity index (χ1v) is 4.71. The molecule has 15 heavy (non-hydrogen) atoms. The Labute approximate surface area is 87.7 Å². The van der Waals surface area contributed by atoms with Crippen LogP contribution in [0.5, 0.6) is 0 Å². The van der Waals surface area contributed by atoms with E-state index >= 15 is 0 Å². The van der Waals surface area contributed by atoms with Crippen molar-refractivity contribution in [2.24, 2.45) is 11.1 Å². The van der Waals surface area contributed by atoms with Crippen molar-refractivity contribution in [1.82, 2.24) is 0 Å². The van der Waals surface area contributed by atoms with E-state index in [1.54, 1.807) is 13.8 Å². The van der Waals surface area contributed by atoms with E-state index in [2.05, 4.69) is 0 Å². The predicted molar refractivity (Wildman–Crippen MR) is 54.2 cm³/mol. The van der Waals surface area contributed by atoms with Crippen LogP contribution >= 0.6 is 0 Å². The average molecular weight is 215 g/mol. The molecule has 1 rings (SSSR count). The molecule has 3 N–H and O–H groups in total. The van der Waals surface area contributed by atoms with E-state index < -0.39 is 23.2 Å². The van der Waals surface area contributed by atoms with E-state index in [1.807, 2.05) is 0 Å². The molecule has 1 unspecified atom stereocenters. The van der Waals surface area contributed by atoms with Gasteiger partial charge in [-0.15, -0.1) is 0 Å². The average Bonchev–Trinajstić information content (AvgIpc) is 2.17. The molecule has 0 amide bonds. The first-order chi connectivity index (χ1) is 6.88. The van der Waals surface area contributed by atoms with Crippen molar-refractivity contribution in [2.75, 3.05) is 6.54 Å². The topological polar surface area (TPSA) is 46.2 Å². The number of nitrogens with two attached hydrogens (primary N) is 1. The van der Waals surface area contributed by atoms with Gasteiger partial charge < -0.3 is 10.8 Å². The molecule has 0 bridgehead atoms. The summed E-state index contributed by atoms with van der Waals surface area (Å²) in [5, 5.41) is 9.88. The van der Waals surface area contributed by atoms with Crippen LogP contribution in [0.4, 0.5) is 8.78 Å². The van der Waals surface area contributed by atoms with Gasteiger partial charge in [-0.25, -0.2) is 8.78 Å². The molecule has 0 radical (unpaired) electrons. The molecule has 0 fully saturated rings. The first kappa shape index (κ1) is 12.1. The third-order valence-corrected chi connectivity index (χ3v) is 2.52. The predicted octanol–water partition coefficient (Wildman–Crippen LogP) is 1.98. The number of aliphatic hydroxyl groups is 1. The quantitative estimate of drug-likeness (QED) is 0.809. The van der Waals surface area contributed by atoms with Gasteiger partial charge in [0.05, 0.1) is 6.10 Å². The van der Waals surface area contributed by atoms with Crippen molar-refractivity contribution in [3.63, 3.8) is 0 Å². The summed E-state index contributed by atoms with van der Waals surface area (Å²) in [5.41, 5.74) is 4.90. The monoisotopic (exact) mass is 215 g/mol. The highest BCUT2D eigenvalue weighted by Gasteiger charge is 2.29. The van der Waals surface area contributed by atoms with E-state index in [-0.39, 0.29) is 12.1 Å². The second kappa shape index (κ2) is 4.24. The van der Waals surface area contributed by atoms with Crippen LogP contribution in [0.25, 0.3) is 0 Å². The minimum atomic E-state index is -1.04. The van der Waals surface area contributed by atoms with E-state index in [9.17, 15) is 13.9 Å². The fraction of sp³-hybridized carbons (Fsp3) is 0.455. The van der Waals surface area contributed by atoms with Gasteiger partial charge in [0.1, 0.15) is 11.6 Å². The Morgan fingerprint density at radius 2 is 2.00 bits per heavy atom. The molecular formula is C11H15F2NO. The summed E-state index contributed by atoms with van der Waals surface area (Å²) in [6.07, 6.45) is -1.04. The Morgan fingerprint density at radius 3 is 2.47 bits per heavy atom. The SMILES string of the molecule is CC(C)(CN)C(O)c1ccc(F)cc1F. The summed E-state index contributed by atoms with van der Waals surface area (Å²) in [6, 6.07) is 3.12. The van der Waals surface area contributed by atoms with Gasteiger partial charge in [-0.3, -0.25) is 0 Å². The highest BCUT2D eigenvalue weighted by Crippen LogP contribution is 2.33. The summed E-state index contributed by atoms with van der Waals surface area (Å²) < 4.78 is 26.0. The van der Waals surface area contributed by atoms with Crippen LogP contribution in [0.3, 0.4) is 0 Å². The van der Waals surface area contributed by atoms with Gasteiger partial charge in [-0.05, 0) is 6.07 Å². The van der Waals surface area contributed by atoms with Gasteiger partial charge in [-0.1, -0.05) is 19.9 Å². The van der Waals surface area contributed by atoms with Crippen LogP contribution in [0.15, 0.2) is 18.2 Å². The molecule has 0 saturated carbocycles. The molecule has 0 heterocycles. The van der Waals surface area contributed by atoms with Crippen molar-refractivity contribution in [3.05, 3.63) is 35.4 Å². The summed E-state index contributed by atoms with van der Waals surface area (Å²) in [7, 11) is 0. The summed E-state index contributed by atoms with van der Waals surface area (Å²) >= 11 is 0. The van der Waals surface area contributed by atoms with Crippen molar-refractivity contribution in [1.29, 1.82) is 0 Å². The fourth-order valence-electron chi connectivity index (χ4n) is 1.26. The molecule has 1 aromatic carbocycles. The molecule has 1 aromatic rings. The van der Waals surface area contributed by atoms with E-state index in [0.29, 0.717) is 0 Å². The number of rotatable bonds is 3. The Hall–Kier alpha value is -1.00. The number of benzene rings is 1. The molecule has 0 aliphatic carbocycles. The molecule has 0 saturated heterocycles. The normalized spacial score (nSPS) is 14.0. The Bertz CT molecular complexity index is 352. The summed E-state index contributed by atoms with van der Waals surface area (Å²) in [6.45, 7) is 3.66. The molecule has 0 aliphatic rings. The smallest absolute Gasteiger partial charge is 0.131 e. The van der Waals surface area contributed by atoms with Gasteiger partial charge >= 0.3 is 0 Å². The van der Waals surface area contributed by atoms with E-state index in [1.165, 1.54) is 6.07 Å². The number of hydrogen-bond acceptors (Lipinski definition) is 2. The molecular weight excluding hydrogens is 200 g/mol. The summed E-state index contributed by atoms with van der Waals surface area (Å²) in [5.74, 6) is -1.40. The molecule has 0 aromatic heterocycles. The van der Waals surface area contributed by atoms with Crippen LogP contribution in [0.2, 0.25) is 0 Å². The van der Waals surface area contributed by atoms with Crippen LogP contribution in [0.1, 0.15) is 25.5 Å². The molecule has 0 aliphatic heterocycles. The standard InChI is InChI=1S/C11H15F2NO/c1-11(2,6-14)10(15)8-4-3-7(12)5-9(8)13/h3-5,10,15H,6,14H2,1-2H3. The molecule has 84 valence electrons. The number of halogens is 2. The van der Waals surface area contributed by atoms with Gasteiger partial charge in [0.25, 0.3) is 0 Å². The van der Waals surface area contributed by atoms with Crippen molar-refractivity contribution >= 4 is 0 Å². The summed E-state index contributed by atoms with van der Waals surface area (Å²) in [4.78, 5) is 0. The van der Waals surface area contributed by atoms with Crippen LogP contribution in [-0.2, 0) is 0 Å². The maximum absolute atomic E-state index is 13.3. The van der Waals surface area contributed by atoms with Gasteiger partial charge in [-0.2, -0.15) is 0 Å². The highest BCUT2D eigenvalue weighted by molar-refractivity contribution is 5.22. The Morgan fingerprint density at radius 1 is 1.40 bits per heavy atom. The lowest BCUT2D eigenvalue weighted by Crippen LogP contribution is -2.31. The van der Waals surface area contributed by atoms with Crippen molar-refractivity contribution < 1.29 is 13.9 Å². The first-order valence-electron chi connectivity index (χ1n) is 4.71. The fourth-order valence-corrected chi connectivity index (χ4v) is 1.26. The zero-order valence-electron chi connectivity index (χ0n) is 8.80. The van der Waals surface area contributed by atoms with Crippen molar-refractivity contribution in [2.45, 2.75) is 20.0 Å². The lowest BCUT2D eigenvalue weighted by atomic mass is 9.82. The third-order valence-electron chi connectivity index (χ3n) is 2.52. The Kier molecular flexibility index (Phi) is 3.42. The largest absolute Gasteiger partial charge is 0.388 e. The van der Waals surface area contributed by atoms with Gasteiger partial charge in [0.15, 0.2) is 0 Å². The van der Waals surface area contributed by atoms with Gasteiger partial charge in [0.2, 0.25) is 0 Å². The lowest BCUT2D eigenvalue weighted by Gasteiger charge is -2.29. The second-order valence-electron chi connectivity index (χ2n) is 4.26. The van der Waals surface area contributed by atoms with Gasteiger partial charge in [0, 0.05) is 23.6 Å². The minimum absolute atomic E-state index is 0.0758. The maximum Gasteiger partial charge on any atom is 0.131 e. The second-order valence-corrected chi connectivity index (χ2v) is 4.26. The van der Waals surface area contributed by atoms with Crippen LogP contribution < -0.4 is 5.73 Å². The Balaban J connectivity index is 3.06.